The van der Waals surface area contributed by atoms with E-state index in [1.54, 1.807) is 0 Å². The van der Waals surface area contributed by atoms with Crippen molar-refractivity contribution in [2.75, 3.05) is 26.2 Å². The van der Waals surface area contributed by atoms with E-state index in [9.17, 15) is 4.79 Å². The molecule has 0 aromatic carbocycles. The number of rotatable bonds is 6. The highest BCUT2D eigenvalue weighted by molar-refractivity contribution is 5.91. The van der Waals surface area contributed by atoms with Gasteiger partial charge in [0.1, 0.15) is 5.76 Å². The van der Waals surface area contributed by atoms with Crippen LogP contribution in [0.2, 0.25) is 0 Å². The molecule has 2 aliphatic rings. The lowest BCUT2D eigenvalue weighted by atomic mass is 9.96. The van der Waals surface area contributed by atoms with Crippen LogP contribution in [0.3, 0.4) is 0 Å². The van der Waals surface area contributed by atoms with Gasteiger partial charge in [0, 0.05) is 43.5 Å². The Morgan fingerprint density at radius 2 is 1.93 bits per heavy atom. The van der Waals surface area contributed by atoms with Crippen molar-refractivity contribution < 1.29 is 13.7 Å². The number of aromatic nitrogens is 2. The summed E-state index contributed by atoms with van der Waals surface area (Å²) in [5.41, 5.74) is 1.17. The van der Waals surface area contributed by atoms with Gasteiger partial charge in [-0.1, -0.05) is 25.9 Å². The smallest absolute Gasteiger partial charge is 0.289 e. The van der Waals surface area contributed by atoms with Gasteiger partial charge in [-0.2, -0.15) is 4.98 Å². The standard InChI is InChI=1S/C22H32N4O3/c1-4-18-17(14-25-9-5-6-10-25)13-19(28-18)22(27)26-11-7-16(8-12-26)21-23-20(15(2)3)24-29-21/h13,15-16H,4-12,14H2,1-3H3. The molecule has 4 heterocycles. The van der Waals surface area contributed by atoms with E-state index in [4.69, 9.17) is 8.94 Å². The van der Waals surface area contributed by atoms with E-state index in [-0.39, 0.29) is 17.7 Å². The van der Waals surface area contributed by atoms with Gasteiger partial charge in [0.2, 0.25) is 5.89 Å². The molecule has 29 heavy (non-hydrogen) atoms. The van der Waals surface area contributed by atoms with E-state index in [2.05, 4.69) is 35.8 Å². The van der Waals surface area contributed by atoms with Crippen LogP contribution in [0, 0.1) is 0 Å². The van der Waals surface area contributed by atoms with E-state index in [0.29, 0.717) is 24.7 Å². The molecule has 2 aromatic heterocycles. The summed E-state index contributed by atoms with van der Waals surface area (Å²) < 4.78 is 11.4. The maximum Gasteiger partial charge on any atom is 0.289 e. The van der Waals surface area contributed by atoms with Gasteiger partial charge in [-0.25, -0.2) is 0 Å². The number of aryl methyl sites for hydroxylation is 1. The average molecular weight is 401 g/mol. The van der Waals surface area contributed by atoms with Gasteiger partial charge in [-0.05, 0) is 44.8 Å². The van der Waals surface area contributed by atoms with E-state index in [1.165, 1.54) is 18.4 Å². The number of furan rings is 1. The highest BCUT2D eigenvalue weighted by Crippen LogP contribution is 2.29. The first-order chi connectivity index (χ1) is 14.0. The summed E-state index contributed by atoms with van der Waals surface area (Å²) in [6.07, 6.45) is 5.02. The first-order valence-corrected chi connectivity index (χ1v) is 11.0. The molecule has 158 valence electrons. The molecule has 2 aliphatic heterocycles. The molecular formula is C22H32N4O3. The fourth-order valence-corrected chi connectivity index (χ4v) is 4.32. The molecular weight excluding hydrogens is 368 g/mol. The monoisotopic (exact) mass is 400 g/mol. The number of amides is 1. The van der Waals surface area contributed by atoms with Gasteiger partial charge in [0.15, 0.2) is 11.6 Å². The van der Waals surface area contributed by atoms with Gasteiger partial charge in [-0.3, -0.25) is 9.69 Å². The molecule has 0 radical (unpaired) electrons. The van der Waals surface area contributed by atoms with Gasteiger partial charge in [0.05, 0.1) is 0 Å². The van der Waals surface area contributed by atoms with Crippen LogP contribution in [0.25, 0.3) is 0 Å². The Morgan fingerprint density at radius 3 is 2.55 bits per heavy atom. The van der Waals surface area contributed by atoms with Crippen LogP contribution in [0.15, 0.2) is 15.0 Å². The largest absolute Gasteiger partial charge is 0.456 e. The Morgan fingerprint density at radius 1 is 1.21 bits per heavy atom. The number of piperidine rings is 1. The molecule has 2 saturated heterocycles. The minimum absolute atomic E-state index is 0.000722. The summed E-state index contributed by atoms with van der Waals surface area (Å²) in [4.78, 5) is 21.9. The molecule has 7 heteroatoms. The summed E-state index contributed by atoms with van der Waals surface area (Å²) in [7, 11) is 0. The van der Waals surface area contributed by atoms with Crippen molar-refractivity contribution >= 4 is 5.91 Å². The Balaban J connectivity index is 1.38. The molecule has 0 atom stereocenters. The predicted octanol–water partition coefficient (Wildman–Crippen LogP) is 3.96. The third-order valence-electron chi connectivity index (χ3n) is 6.13. The summed E-state index contributed by atoms with van der Waals surface area (Å²) in [6.45, 7) is 10.7. The molecule has 0 N–H and O–H groups in total. The summed E-state index contributed by atoms with van der Waals surface area (Å²) >= 11 is 0. The van der Waals surface area contributed by atoms with E-state index in [1.807, 2.05) is 11.0 Å². The Hall–Kier alpha value is -2.15. The van der Waals surface area contributed by atoms with Gasteiger partial charge in [0.25, 0.3) is 5.91 Å². The molecule has 4 rings (SSSR count). The Bertz CT molecular complexity index is 827. The van der Waals surface area contributed by atoms with Gasteiger partial charge < -0.3 is 13.8 Å². The Labute approximate surface area is 172 Å². The maximum absolute atomic E-state index is 13.0. The second kappa shape index (κ2) is 8.69. The zero-order valence-corrected chi connectivity index (χ0v) is 17.8. The van der Waals surface area contributed by atoms with Crippen LogP contribution in [-0.4, -0.2) is 52.0 Å². The second-order valence-corrected chi connectivity index (χ2v) is 8.61. The normalized spacial score (nSPS) is 18.8. The van der Waals surface area contributed by atoms with Crippen LogP contribution >= 0.6 is 0 Å². The third kappa shape index (κ3) is 4.39. The lowest BCUT2D eigenvalue weighted by Gasteiger charge is -2.29. The third-order valence-corrected chi connectivity index (χ3v) is 6.13. The van der Waals surface area contributed by atoms with E-state index >= 15 is 0 Å². The quantitative estimate of drug-likeness (QED) is 0.730. The van der Waals surface area contributed by atoms with Crippen LogP contribution in [0.4, 0.5) is 0 Å². The number of carbonyl (C=O) groups is 1. The highest BCUT2D eigenvalue weighted by atomic mass is 16.5. The number of likely N-dealkylation sites (tertiary alicyclic amines) is 2. The van der Waals surface area contributed by atoms with E-state index in [0.717, 1.165) is 50.5 Å². The predicted molar refractivity (Wildman–Crippen MR) is 109 cm³/mol. The minimum Gasteiger partial charge on any atom is -0.456 e. The van der Waals surface area contributed by atoms with Crippen molar-refractivity contribution in [3.05, 3.63) is 34.9 Å². The first-order valence-electron chi connectivity index (χ1n) is 11.0. The highest BCUT2D eigenvalue weighted by Gasteiger charge is 2.30. The minimum atomic E-state index is -0.000722. The van der Waals surface area contributed by atoms with Crippen LogP contribution in [0.1, 0.15) is 91.9 Å². The Kier molecular flexibility index (Phi) is 6.04. The molecule has 2 aromatic rings. The molecule has 0 unspecified atom stereocenters. The first kappa shape index (κ1) is 20.1. The van der Waals surface area contributed by atoms with Crippen molar-refractivity contribution in [1.82, 2.24) is 19.9 Å². The van der Waals surface area contributed by atoms with Gasteiger partial charge >= 0.3 is 0 Å². The molecule has 0 aliphatic carbocycles. The molecule has 0 bridgehead atoms. The number of carbonyl (C=O) groups excluding carboxylic acids is 1. The lowest BCUT2D eigenvalue weighted by molar-refractivity contribution is 0.0670. The molecule has 1 amide bonds. The maximum atomic E-state index is 13.0. The fourth-order valence-electron chi connectivity index (χ4n) is 4.32. The van der Waals surface area contributed by atoms with Crippen LogP contribution < -0.4 is 0 Å². The number of hydrogen-bond donors (Lipinski definition) is 0. The number of hydrogen-bond acceptors (Lipinski definition) is 6. The van der Waals surface area contributed by atoms with Gasteiger partial charge in [-0.15, -0.1) is 0 Å². The van der Waals surface area contributed by atoms with Crippen LogP contribution in [0.5, 0.6) is 0 Å². The molecule has 0 saturated carbocycles. The van der Waals surface area contributed by atoms with Crippen molar-refractivity contribution in [2.24, 2.45) is 0 Å². The topological polar surface area (TPSA) is 75.6 Å². The zero-order chi connectivity index (χ0) is 20.4. The average Bonchev–Trinajstić information content (AvgIpc) is 3.48. The SMILES string of the molecule is CCc1oc(C(=O)N2CCC(c3nc(C(C)C)no3)CC2)cc1CN1CCCC1. The summed E-state index contributed by atoms with van der Waals surface area (Å²) in [5, 5.41) is 4.07. The van der Waals surface area contributed by atoms with Crippen molar-refractivity contribution in [2.45, 2.75) is 71.3 Å². The van der Waals surface area contributed by atoms with Crippen molar-refractivity contribution in [1.29, 1.82) is 0 Å². The summed E-state index contributed by atoms with van der Waals surface area (Å²) in [6, 6.07) is 1.97. The number of nitrogens with zero attached hydrogens (tertiary/aromatic N) is 4. The van der Waals surface area contributed by atoms with Crippen LogP contribution in [-0.2, 0) is 13.0 Å². The molecule has 2 fully saturated rings. The van der Waals surface area contributed by atoms with E-state index < -0.39 is 0 Å². The lowest BCUT2D eigenvalue weighted by Crippen LogP contribution is -2.37. The summed E-state index contributed by atoms with van der Waals surface area (Å²) in [5.74, 6) is 3.38. The molecule has 7 nitrogen and oxygen atoms in total. The molecule has 0 spiro atoms. The van der Waals surface area contributed by atoms with Crippen molar-refractivity contribution in [3.8, 4) is 0 Å². The van der Waals surface area contributed by atoms with Crippen molar-refractivity contribution in [3.63, 3.8) is 0 Å². The fraction of sp³-hybridized carbons (Fsp3) is 0.682. The zero-order valence-electron chi connectivity index (χ0n) is 17.8. The second-order valence-electron chi connectivity index (χ2n) is 8.61.